The number of nitrogens with one attached hydrogen (secondary N) is 2. The van der Waals surface area contributed by atoms with Crippen LogP contribution in [0.4, 0.5) is 4.79 Å². The van der Waals surface area contributed by atoms with E-state index >= 15 is 0 Å². The first-order valence-corrected chi connectivity index (χ1v) is 8.03. The number of carbonyl (C=O) groups is 2. The molecule has 0 saturated heterocycles. The van der Waals surface area contributed by atoms with E-state index < -0.39 is 11.7 Å². The van der Waals surface area contributed by atoms with Gasteiger partial charge in [-0.05, 0) is 51.7 Å². The Balaban J connectivity index is 1.68. The Morgan fingerprint density at radius 1 is 1.24 bits per heavy atom. The third kappa shape index (κ3) is 4.74. The van der Waals surface area contributed by atoms with Crippen LogP contribution in [0.15, 0.2) is 6.07 Å². The number of rotatable bonds is 4. The fourth-order valence-corrected chi connectivity index (χ4v) is 3.35. The van der Waals surface area contributed by atoms with Crippen LogP contribution in [0.3, 0.4) is 0 Å². The van der Waals surface area contributed by atoms with Crippen LogP contribution in [0.2, 0.25) is 0 Å². The van der Waals surface area contributed by atoms with E-state index in [9.17, 15) is 9.59 Å². The second-order valence-electron chi connectivity index (χ2n) is 6.10. The summed E-state index contributed by atoms with van der Waals surface area (Å²) in [7, 11) is 0. The van der Waals surface area contributed by atoms with Crippen molar-refractivity contribution in [3.05, 3.63) is 21.4 Å². The lowest BCUT2D eigenvalue weighted by Gasteiger charge is -2.19. The van der Waals surface area contributed by atoms with Gasteiger partial charge in [0.1, 0.15) is 5.60 Å². The van der Waals surface area contributed by atoms with Crippen molar-refractivity contribution >= 4 is 23.3 Å². The Kier molecular flexibility index (Phi) is 4.88. The third-order valence-corrected chi connectivity index (χ3v) is 4.29. The summed E-state index contributed by atoms with van der Waals surface area (Å²) in [5, 5.41) is 5.42. The van der Waals surface area contributed by atoms with Crippen molar-refractivity contribution < 1.29 is 14.3 Å². The van der Waals surface area contributed by atoms with Crippen LogP contribution in [0.25, 0.3) is 0 Å². The summed E-state index contributed by atoms with van der Waals surface area (Å²) in [6, 6.07) is 1.99. The van der Waals surface area contributed by atoms with Crippen LogP contribution in [0.1, 0.15) is 47.3 Å². The predicted molar refractivity (Wildman–Crippen MR) is 82.9 cm³/mol. The zero-order valence-electron chi connectivity index (χ0n) is 12.7. The maximum absolute atomic E-state index is 12.0. The van der Waals surface area contributed by atoms with Crippen molar-refractivity contribution in [1.29, 1.82) is 0 Å². The van der Waals surface area contributed by atoms with Crippen LogP contribution in [0.5, 0.6) is 0 Å². The monoisotopic (exact) mass is 310 g/mol. The molecular formula is C15H22N2O3S. The Labute approximate surface area is 129 Å². The van der Waals surface area contributed by atoms with Gasteiger partial charge in [0.25, 0.3) is 5.91 Å². The molecule has 0 radical (unpaired) electrons. The highest BCUT2D eigenvalue weighted by molar-refractivity contribution is 7.14. The number of amides is 2. The largest absolute Gasteiger partial charge is 0.444 e. The molecule has 1 aromatic rings. The summed E-state index contributed by atoms with van der Waals surface area (Å²) in [6.45, 7) is 6.17. The quantitative estimate of drug-likeness (QED) is 0.840. The normalized spacial score (nSPS) is 13.7. The number of thiophene rings is 1. The standard InChI is InChI=1S/C15H22N2O3S/c1-15(2,3)20-14(19)17-8-7-16-13(18)12-9-10-5-4-6-11(10)21-12/h9H,4-8H2,1-3H3,(H,16,18)(H,17,19). The lowest BCUT2D eigenvalue weighted by Crippen LogP contribution is -2.37. The molecule has 0 bridgehead atoms. The molecule has 1 aliphatic rings. The highest BCUT2D eigenvalue weighted by Crippen LogP contribution is 2.30. The summed E-state index contributed by atoms with van der Waals surface area (Å²) in [5.74, 6) is -0.0691. The number of hydrogen-bond donors (Lipinski definition) is 2. The fourth-order valence-electron chi connectivity index (χ4n) is 2.18. The molecule has 2 amide bonds. The minimum absolute atomic E-state index is 0.0691. The van der Waals surface area contributed by atoms with Crippen molar-refractivity contribution in [3.63, 3.8) is 0 Å². The van der Waals surface area contributed by atoms with Crippen molar-refractivity contribution in [3.8, 4) is 0 Å². The van der Waals surface area contributed by atoms with E-state index in [1.807, 2.05) is 26.8 Å². The van der Waals surface area contributed by atoms with Gasteiger partial charge in [-0.25, -0.2) is 4.79 Å². The average molecular weight is 310 g/mol. The molecule has 2 rings (SSSR count). The van der Waals surface area contributed by atoms with Crippen molar-refractivity contribution in [2.75, 3.05) is 13.1 Å². The summed E-state index contributed by atoms with van der Waals surface area (Å²) in [6.07, 6.45) is 2.90. The summed E-state index contributed by atoms with van der Waals surface area (Å²) in [4.78, 5) is 25.5. The molecule has 1 aliphatic carbocycles. The van der Waals surface area contributed by atoms with Gasteiger partial charge in [-0.1, -0.05) is 0 Å². The van der Waals surface area contributed by atoms with Gasteiger partial charge in [0.15, 0.2) is 0 Å². The van der Waals surface area contributed by atoms with Gasteiger partial charge in [0.05, 0.1) is 4.88 Å². The zero-order valence-corrected chi connectivity index (χ0v) is 13.6. The van der Waals surface area contributed by atoms with Gasteiger partial charge in [-0.3, -0.25) is 4.79 Å². The average Bonchev–Trinajstić information content (AvgIpc) is 2.92. The van der Waals surface area contributed by atoms with Crippen LogP contribution >= 0.6 is 11.3 Å². The Morgan fingerprint density at radius 2 is 1.95 bits per heavy atom. The predicted octanol–water partition coefficient (Wildman–Crippen LogP) is 2.49. The second-order valence-corrected chi connectivity index (χ2v) is 7.23. The van der Waals surface area contributed by atoms with Crippen LogP contribution < -0.4 is 10.6 Å². The molecule has 2 N–H and O–H groups in total. The second kappa shape index (κ2) is 6.47. The molecule has 0 aliphatic heterocycles. The van der Waals surface area contributed by atoms with E-state index in [0.29, 0.717) is 13.1 Å². The van der Waals surface area contributed by atoms with Gasteiger partial charge in [-0.15, -0.1) is 11.3 Å². The first kappa shape index (κ1) is 15.8. The number of hydrogen-bond acceptors (Lipinski definition) is 4. The maximum atomic E-state index is 12.0. The SMILES string of the molecule is CC(C)(C)OC(=O)NCCNC(=O)c1cc2c(s1)CCC2. The minimum Gasteiger partial charge on any atom is -0.444 e. The van der Waals surface area contributed by atoms with Gasteiger partial charge in [-0.2, -0.15) is 0 Å². The van der Waals surface area contributed by atoms with Gasteiger partial charge in [0, 0.05) is 18.0 Å². The highest BCUT2D eigenvalue weighted by Gasteiger charge is 2.18. The van der Waals surface area contributed by atoms with E-state index in [0.717, 1.165) is 17.7 Å². The minimum atomic E-state index is -0.509. The molecule has 0 fully saturated rings. The van der Waals surface area contributed by atoms with E-state index in [4.69, 9.17) is 4.74 Å². The van der Waals surface area contributed by atoms with E-state index in [1.54, 1.807) is 11.3 Å². The van der Waals surface area contributed by atoms with Crippen molar-refractivity contribution in [2.45, 2.75) is 45.6 Å². The molecular weight excluding hydrogens is 288 g/mol. The van der Waals surface area contributed by atoms with Crippen molar-refractivity contribution in [1.82, 2.24) is 10.6 Å². The molecule has 0 spiro atoms. The van der Waals surface area contributed by atoms with Crippen LogP contribution in [-0.4, -0.2) is 30.7 Å². The number of carbonyl (C=O) groups excluding carboxylic acids is 2. The molecule has 5 nitrogen and oxygen atoms in total. The zero-order chi connectivity index (χ0) is 15.5. The van der Waals surface area contributed by atoms with E-state index in [-0.39, 0.29) is 5.91 Å². The Bertz CT molecular complexity index is 510. The first-order chi connectivity index (χ1) is 9.85. The van der Waals surface area contributed by atoms with E-state index in [1.165, 1.54) is 16.9 Å². The fraction of sp³-hybridized carbons (Fsp3) is 0.600. The molecule has 6 heteroatoms. The smallest absolute Gasteiger partial charge is 0.407 e. The van der Waals surface area contributed by atoms with E-state index in [2.05, 4.69) is 10.6 Å². The Hall–Kier alpha value is -1.56. The maximum Gasteiger partial charge on any atom is 0.407 e. The Morgan fingerprint density at radius 3 is 2.62 bits per heavy atom. The molecule has 0 saturated carbocycles. The molecule has 1 aromatic heterocycles. The number of alkyl carbamates (subject to hydrolysis) is 1. The molecule has 116 valence electrons. The number of ether oxygens (including phenoxy) is 1. The lowest BCUT2D eigenvalue weighted by molar-refractivity contribution is 0.0526. The van der Waals surface area contributed by atoms with Crippen LogP contribution in [0, 0.1) is 0 Å². The summed E-state index contributed by atoms with van der Waals surface area (Å²) >= 11 is 1.58. The third-order valence-electron chi connectivity index (χ3n) is 3.05. The highest BCUT2D eigenvalue weighted by atomic mass is 32.1. The molecule has 0 unspecified atom stereocenters. The summed E-state index contributed by atoms with van der Waals surface area (Å²) in [5.41, 5.74) is 0.808. The summed E-state index contributed by atoms with van der Waals surface area (Å²) < 4.78 is 5.11. The van der Waals surface area contributed by atoms with Gasteiger partial charge in [0.2, 0.25) is 0 Å². The number of aryl methyl sites for hydroxylation is 2. The number of fused-ring (bicyclic) bond motifs is 1. The molecule has 21 heavy (non-hydrogen) atoms. The molecule has 1 heterocycles. The van der Waals surface area contributed by atoms with Crippen molar-refractivity contribution in [2.24, 2.45) is 0 Å². The lowest BCUT2D eigenvalue weighted by atomic mass is 10.2. The molecule has 0 atom stereocenters. The van der Waals surface area contributed by atoms with Crippen LogP contribution in [-0.2, 0) is 17.6 Å². The first-order valence-electron chi connectivity index (χ1n) is 7.22. The van der Waals surface area contributed by atoms with Gasteiger partial charge >= 0.3 is 6.09 Å². The topological polar surface area (TPSA) is 67.4 Å². The molecule has 0 aromatic carbocycles. The van der Waals surface area contributed by atoms with Gasteiger partial charge < -0.3 is 15.4 Å².